The molecule has 16 heavy (non-hydrogen) atoms. The number of carboxylic acids is 1. The fourth-order valence-corrected chi connectivity index (χ4v) is 1.30. The first-order chi connectivity index (χ1) is 7.58. The minimum Gasteiger partial charge on any atom is -0.478 e. The third kappa shape index (κ3) is 4.46. The topological polar surface area (TPSA) is 46.5 Å². The summed E-state index contributed by atoms with van der Waals surface area (Å²) in [6.07, 6.45) is 5.44. The first-order valence-electron chi connectivity index (χ1n) is 4.89. The van der Waals surface area contributed by atoms with Crippen LogP contribution in [-0.2, 0) is 4.79 Å². The van der Waals surface area contributed by atoms with Crippen LogP contribution in [0.2, 0.25) is 0 Å². The molecule has 0 aliphatic heterocycles. The normalized spacial score (nSPS) is 11.1. The first-order valence-corrected chi connectivity index (χ1v) is 4.89. The Morgan fingerprint density at radius 3 is 2.38 bits per heavy atom. The molecule has 3 nitrogen and oxygen atoms in total. The molecule has 0 atom stereocenters. The first kappa shape index (κ1) is 12.0. The maximum absolute atomic E-state index is 10.2. The number of aryl methyl sites for hydroxylation is 2. The number of carboxylic acid groups (broad SMARTS) is 1. The van der Waals surface area contributed by atoms with Gasteiger partial charge in [0.15, 0.2) is 0 Å². The molecule has 1 N–H and O–H groups in total. The quantitative estimate of drug-likeness (QED) is 0.480. The van der Waals surface area contributed by atoms with Gasteiger partial charge >= 0.3 is 5.97 Å². The van der Waals surface area contributed by atoms with E-state index < -0.39 is 5.97 Å². The summed E-state index contributed by atoms with van der Waals surface area (Å²) >= 11 is 0. The smallest absolute Gasteiger partial charge is 0.328 e. The summed E-state index contributed by atoms with van der Waals surface area (Å²) in [5, 5.41) is 8.34. The summed E-state index contributed by atoms with van der Waals surface area (Å²) in [6, 6.07) is 5.89. The highest BCUT2D eigenvalue weighted by Crippen LogP contribution is 2.16. The Balaban J connectivity index is 2.57. The highest BCUT2D eigenvalue weighted by atomic mass is 16.5. The number of allylic oxidation sites excluding steroid dienone is 2. The molecule has 0 saturated heterocycles. The molecule has 0 spiro atoms. The molecule has 1 aromatic carbocycles. The van der Waals surface area contributed by atoms with E-state index in [1.54, 1.807) is 0 Å². The molecule has 0 radical (unpaired) electrons. The number of hydrogen-bond donors (Lipinski definition) is 1. The van der Waals surface area contributed by atoms with E-state index in [-0.39, 0.29) is 0 Å². The Kier molecular flexibility index (Phi) is 4.33. The summed E-state index contributed by atoms with van der Waals surface area (Å²) in [6.45, 7) is 3.99. The molecular formula is C13H14O3. The molecule has 0 aliphatic carbocycles. The van der Waals surface area contributed by atoms with E-state index in [1.807, 2.05) is 26.0 Å². The highest BCUT2D eigenvalue weighted by Gasteiger charge is 1.94. The van der Waals surface area contributed by atoms with Gasteiger partial charge in [0, 0.05) is 6.08 Å². The maximum Gasteiger partial charge on any atom is 0.328 e. The van der Waals surface area contributed by atoms with Crippen LogP contribution in [0.4, 0.5) is 0 Å². The third-order valence-electron chi connectivity index (χ3n) is 1.83. The molecule has 0 unspecified atom stereocenters. The van der Waals surface area contributed by atoms with Crippen LogP contribution in [0.5, 0.6) is 5.75 Å². The molecule has 0 aliphatic rings. The molecule has 3 heteroatoms. The van der Waals surface area contributed by atoms with Crippen molar-refractivity contribution in [1.82, 2.24) is 0 Å². The number of rotatable bonds is 4. The highest BCUT2D eigenvalue weighted by molar-refractivity contribution is 5.80. The van der Waals surface area contributed by atoms with Crippen LogP contribution < -0.4 is 4.74 Å². The Morgan fingerprint density at radius 2 is 1.81 bits per heavy atom. The Morgan fingerprint density at radius 1 is 1.19 bits per heavy atom. The molecular weight excluding hydrogens is 204 g/mol. The zero-order chi connectivity index (χ0) is 12.0. The van der Waals surface area contributed by atoms with Gasteiger partial charge in [0.1, 0.15) is 5.75 Å². The summed E-state index contributed by atoms with van der Waals surface area (Å²) in [4.78, 5) is 10.2. The Labute approximate surface area is 94.7 Å². The van der Waals surface area contributed by atoms with Gasteiger partial charge in [-0.25, -0.2) is 4.79 Å². The van der Waals surface area contributed by atoms with Gasteiger partial charge in [-0.3, -0.25) is 0 Å². The number of hydrogen-bond acceptors (Lipinski definition) is 2. The Hall–Kier alpha value is -2.03. The van der Waals surface area contributed by atoms with Crippen molar-refractivity contribution < 1.29 is 14.6 Å². The number of carbonyl (C=O) groups is 1. The van der Waals surface area contributed by atoms with Crippen molar-refractivity contribution in [3.8, 4) is 5.75 Å². The number of aliphatic carboxylic acids is 1. The van der Waals surface area contributed by atoms with E-state index in [4.69, 9.17) is 9.84 Å². The molecule has 0 saturated carbocycles. The van der Waals surface area contributed by atoms with Crippen molar-refractivity contribution in [1.29, 1.82) is 0 Å². The Bertz CT molecular complexity index is 411. The van der Waals surface area contributed by atoms with Gasteiger partial charge in [-0.1, -0.05) is 12.1 Å². The van der Waals surface area contributed by atoms with Gasteiger partial charge in [-0.05, 0) is 43.2 Å². The van der Waals surface area contributed by atoms with Crippen LogP contribution in [0.25, 0.3) is 0 Å². The zero-order valence-corrected chi connectivity index (χ0v) is 9.31. The molecule has 84 valence electrons. The fourth-order valence-electron chi connectivity index (χ4n) is 1.30. The van der Waals surface area contributed by atoms with Crippen molar-refractivity contribution in [3.63, 3.8) is 0 Å². The second-order valence-electron chi connectivity index (χ2n) is 3.47. The van der Waals surface area contributed by atoms with Crippen molar-refractivity contribution in [3.05, 3.63) is 53.8 Å². The van der Waals surface area contributed by atoms with Crippen molar-refractivity contribution in [2.24, 2.45) is 0 Å². The van der Waals surface area contributed by atoms with Gasteiger partial charge < -0.3 is 9.84 Å². The molecule has 1 aromatic rings. The molecule has 0 amide bonds. The SMILES string of the molecule is Cc1cc(C)cc(O/C=C/C=C/C(=O)O)c1. The molecule has 0 bridgehead atoms. The maximum atomic E-state index is 10.2. The largest absolute Gasteiger partial charge is 0.478 e. The van der Waals surface area contributed by atoms with Crippen LogP contribution in [0.15, 0.2) is 42.7 Å². The van der Waals surface area contributed by atoms with E-state index in [2.05, 4.69) is 6.07 Å². The predicted octanol–water partition coefficient (Wildman–Crippen LogP) is 2.84. The fraction of sp³-hybridized carbons (Fsp3) is 0.154. The van der Waals surface area contributed by atoms with Crippen molar-refractivity contribution in [2.75, 3.05) is 0 Å². The lowest BCUT2D eigenvalue weighted by molar-refractivity contribution is -0.131. The van der Waals surface area contributed by atoms with Crippen molar-refractivity contribution in [2.45, 2.75) is 13.8 Å². The lowest BCUT2D eigenvalue weighted by atomic mass is 10.1. The second kappa shape index (κ2) is 5.75. The molecule has 0 fully saturated rings. The summed E-state index contributed by atoms with van der Waals surface area (Å²) in [7, 11) is 0. The monoisotopic (exact) mass is 218 g/mol. The van der Waals surface area contributed by atoms with E-state index in [1.165, 1.54) is 18.4 Å². The minimum absolute atomic E-state index is 0.748. The minimum atomic E-state index is -0.976. The average Bonchev–Trinajstić information content (AvgIpc) is 2.15. The summed E-state index contributed by atoms with van der Waals surface area (Å²) in [5.74, 6) is -0.228. The molecule has 0 heterocycles. The predicted molar refractivity (Wildman–Crippen MR) is 62.5 cm³/mol. The zero-order valence-electron chi connectivity index (χ0n) is 9.31. The van der Waals surface area contributed by atoms with Crippen LogP contribution >= 0.6 is 0 Å². The van der Waals surface area contributed by atoms with E-state index in [9.17, 15) is 4.79 Å². The van der Waals surface area contributed by atoms with Gasteiger partial charge in [-0.2, -0.15) is 0 Å². The van der Waals surface area contributed by atoms with Crippen LogP contribution in [0, 0.1) is 13.8 Å². The van der Waals surface area contributed by atoms with Gasteiger partial charge in [0.25, 0.3) is 0 Å². The van der Waals surface area contributed by atoms with E-state index in [0.29, 0.717) is 0 Å². The number of ether oxygens (including phenoxy) is 1. The lowest BCUT2D eigenvalue weighted by Gasteiger charge is -2.02. The van der Waals surface area contributed by atoms with Crippen LogP contribution in [-0.4, -0.2) is 11.1 Å². The number of benzene rings is 1. The van der Waals surface area contributed by atoms with Gasteiger partial charge in [0.2, 0.25) is 0 Å². The third-order valence-corrected chi connectivity index (χ3v) is 1.83. The summed E-state index contributed by atoms with van der Waals surface area (Å²) in [5.41, 5.74) is 2.26. The van der Waals surface area contributed by atoms with Crippen molar-refractivity contribution >= 4 is 5.97 Å². The van der Waals surface area contributed by atoms with Crippen LogP contribution in [0.3, 0.4) is 0 Å². The average molecular weight is 218 g/mol. The van der Waals surface area contributed by atoms with Gasteiger partial charge in [0.05, 0.1) is 6.26 Å². The van der Waals surface area contributed by atoms with E-state index in [0.717, 1.165) is 23.0 Å². The van der Waals surface area contributed by atoms with Gasteiger partial charge in [-0.15, -0.1) is 0 Å². The van der Waals surface area contributed by atoms with Crippen LogP contribution in [0.1, 0.15) is 11.1 Å². The molecule has 1 rings (SSSR count). The van der Waals surface area contributed by atoms with E-state index >= 15 is 0 Å². The summed E-state index contributed by atoms with van der Waals surface area (Å²) < 4.78 is 5.32. The standard InChI is InChI=1S/C13H14O3/c1-10-7-11(2)9-12(8-10)16-6-4-3-5-13(14)15/h3-9H,1-2H3,(H,14,15)/b5-3+,6-4+. The second-order valence-corrected chi connectivity index (χ2v) is 3.47. The molecule has 0 aromatic heterocycles. The lowest BCUT2D eigenvalue weighted by Crippen LogP contribution is -1.86.